The van der Waals surface area contributed by atoms with Gasteiger partial charge in [-0.1, -0.05) is 11.6 Å². The molecule has 5 nitrogen and oxygen atoms in total. The van der Waals surface area contributed by atoms with Crippen molar-refractivity contribution >= 4 is 35.0 Å². The Kier molecular flexibility index (Phi) is 4.77. The van der Waals surface area contributed by atoms with Crippen LogP contribution in [0.3, 0.4) is 0 Å². The lowest BCUT2D eigenvalue weighted by Crippen LogP contribution is -2.42. The van der Waals surface area contributed by atoms with Crippen molar-refractivity contribution in [1.29, 1.82) is 5.26 Å². The van der Waals surface area contributed by atoms with E-state index in [1.165, 1.54) is 0 Å². The van der Waals surface area contributed by atoms with Crippen molar-refractivity contribution in [1.82, 2.24) is 10.2 Å². The van der Waals surface area contributed by atoms with Crippen molar-refractivity contribution in [2.24, 2.45) is 0 Å². The highest BCUT2D eigenvalue weighted by Gasteiger charge is 2.33. The Labute approximate surface area is 139 Å². The van der Waals surface area contributed by atoms with Crippen molar-refractivity contribution in [3.8, 4) is 6.07 Å². The highest BCUT2D eigenvalue weighted by Crippen LogP contribution is 2.25. The summed E-state index contributed by atoms with van der Waals surface area (Å²) in [5.74, 6) is 2.03. The standard InChI is InChI=1S/C15H17ClN4OS/c16-12-5-10(7-17)1-2-13(12)19-11-6-14(18-8-11)15(21)20-3-4-22-9-20/h1-2,5,11,14,18-19H,3-4,6,8-9H2/t11-,14-/m0/s1. The quantitative estimate of drug-likeness (QED) is 0.882. The van der Waals surface area contributed by atoms with Crippen molar-refractivity contribution in [2.75, 3.05) is 30.0 Å². The number of benzene rings is 1. The van der Waals surface area contributed by atoms with Crippen LogP contribution >= 0.6 is 23.4 Å². The third kappa shape index (κ3) is 3.32. The first-order valence-corrected chi connectivity index (χ1v) is 8.77. The SMILES string of the molecule is N#Cc1ccc(N[C@@H]2CN[C@H](C(=O)N3CCSC3)C2)c(Cl)c1. The zero-order valence-electron chi connectivity index (χ0n) is 12.0. The van der Waals surface area contributed by atoms with E-state index in [1.54, 1.807) is 23.9 Å². The topological polar surface area (TPSA) is 68.2 Å². The van der Waals surface area contributed by atoms with E-state index in [2.05, 4.69) is 16.7 Å². The first-order chi connectivity index (χ1) is 10.7. The van der Waals surface area contributed by atoms with Gasteiger partial charge in [-0.2, -0.15) is 5.26 Å². The lowest BCUT2D eigenvalue weighted by atomic mass is 10.1. The van der Waals surface area contributed by atoms with E-state index in [1.807, 2.05) is 11.0 Å². The molecule has 0 spiro atoms. The van der Waals surface area contributed by atoms with E-state index in [4.69, 9.17) is 16.9 Å². The van der Waals surface area contributed by atoms with Gasteiger partial charge in [-0.15, -0.1) is 11.8 Å². The van der Waals surface area contributed by atoms with E-state index in [9.17, 15) is 4.79 Å². The van der Waals surface area contributed by atoms with E-state index >= 15 is 0 Å². The largest absolute Gasteiger partial charge is 0.380 e. The minimum atomic E-state index is -0.117. The third-order valence-corrected chi connectivity index (χ3v) is 5.23. The molecule has 0 saturated carbocycles. The molecule has 1 aromatic rings. The van der Waals surface area contributed by atoms with Crippen molar-refractivity contribution in [2.45, 2.75) is 18.5 Å². The van der Waals surface area contributed by atoms with Gasteiger partial charge in [-0.3, -0.25) is 4.79 Å². The zero-order valence-corrected chi connectivity index (χ0v) is 13.6. The predicted octanol–water partition coefficient (Wildman–Crippen LogP) is 1.89. The van der Waals surface area contributed by atoms with Gasteiger partial charge in [0.1, 0.15) is 0 Å². The van der Waals surface area contributed by atoms with Crippen LogP contribution < -0.4 is 10.6 Å². The Morgan fingerprint density at radius 3 is 3.09 bits per heavy atom. The number of nitriles is 1. The van der Waals surface area contributed by atoms with Crippen LogP contribution in [0.4, 0.5) is 5.69 Å². The Hall–Kier alpha value is -1.42. The van der Waals surface area contributed by atoms with Crippen LogP contribution in [0.1, 0.15) is 12.0 Å². The summed E-state index contributed by atoms with van der Waals surface area (Å²) >= 11 is 7.97. The second-order valence-electron chi connectivity index (χ2n) is 5.48. The fourth-order valence-corrected chi connectivity index (χ4v) is 3.95. The lowest BCUT2D eigenvalue weighted by Gasteiger charge is -2.19. The van der Waals surface area contributed by atoms with E-state index in [0.29, 0.717) is 10.6 Å². The summed E-state index contributed by atoms with van der Waals surface area (Å²) in [6.45, 7) is 1.58. The Morgan fingerprint density at radius 1 is 1.55 bits per heavy atom. The Morgan fingerprint density at radius 2 is 2.41 bits per heavy atom. The van der Waals surface area contributed by atoms with Gasteiger partial charge in [-0.25, -0.2) is 0 Å². The maximum absolute atomic E-state index is 12.4. The maximum atomic E-state index is 12.4. The Balaban J connectivity index is 1.59. The fraction of sp³-hybridized carbons (Fsp3) is 0.467. The molecular formula is C15H17ClN4OS. The molecule has 0 aliphatic carbocycles. The highest BCUT2D eigenvalue weighted by atomic mass is 35.5. The minimum Gasteiger partial charge on any atom is -0.380 e. The normalized spacial score (nSPS) is 24.3. The molecule has 0 bridgehead atoms. The summed E-state index contributed by atoms with van der Waals surface area (Å²) in [5.41, 5.74) is 1.34. The number of carbonyl (C=O) groups is 1. The Bertz CT molecular complexity index is 612. The summed E-state index contributed by atoms with van der Waals surface area (Å²) in [6.07, 6.45) is 0.746. The summed E-state index contributed by atoms with van der Waals surface area (Å²) in [7, 11) is 0. The average Bonchev–Trinajstić information content (AvgIpc) is 3.20. The number of rotatable bonds is 3. The molecule has 0 unspecified atom stereocenters. The first-order valence-electron chi connectivity index (χ1n) is 7.23. The summed E-state index contributed by atoms with van der Waals surface area (Å²) in [6, 6.07) is 7.31. The van der Waals surface area contributed by atoms with Crippen LogP contribution in [0, 0.1) is 11.3 Å². The lowest BCUT2D eigenvalue weighted by molar-refractivity contribution is -0.131. The predicted molar refractivity (Wildman–Crippen MR) is 89.0 cm³/mol. The average molecular weight is 337 g/mol. The smallest absolute Gasteiger partial charge is 0.240 e. The zero-order chi connectivity index (χ0) is 15.5. The molecule has 3 rings (SSSR count). The molecule has 2 atom stereocenters. The number of amides is 1. The number of hydrogen-bond donors (Lipinski definition) is 2. The number of nitrogens with zero attached hydrogens (tertiary/aromatic N) is 2. The fourth-order valence-electron chi connectivity index (χ4n) is 2.76. The maximum Gasteiger partial charge on any atom is 0.240 e. The highest BCUT2D eigenvalue weighted by molar-refractivity contribution is 7.99. The molecule has 116 valence electrons. The molecule has 7 heteroatoms. The van der Waals surface area contributed by atoms with Crippen LogP contribution in [0.2, 0.25) is 5.02 Å². The van der Waals surface area contributed by atoms with E-state index in [-0.39, 0.29) is 18.0 Å². The molecule has 2 aliphatic heterocycles. The van der Waals surface area contributed by atoms with E-state index < -0.39 is 0 Å². The second-order valence-corrected chi connectivity index (χ2v) is 6.97. The molecule has 2 aliphatic rings. The van der Waals surface area contributed by atoms with Gasteiger partial charge in [0.15, 0.2) is 0 Å². The van der Waals surface area contributed by atoms with Gasteiger partial charge in [0.05, 0.1) is 34.3 Å². The van der Waals surface area contributed by atoms with Gasteiger partial charge < -0.3 is 15.5 Å². The molecule has 1 amide bonds. The van der Waals surface area contributed by atoms with Crippen LogP contribution in [0.25, 0.3) is 0 Å². The monoisotopic (exact) mass is 336 g/mol. The molecule has 0 radical (unpaired) electrons. The molecule has 22 heavy (non-hydrogen) atoms. The van der Waals surface area contributed by atoms with Crippen LogP contribution in [0.15, 0.2) is 18.2 Å². The van der Waals surface area contributed by atoms with Crippen molar-refractivity contribution in [3.63, 3.8) is 0 Å². The van der Waals surface area contributed by atoms with Crippen LogP contribution in [-0.2, 0) is 4.79 Å². The molecule has 2 heterocycles. The molecule has 2 saturated heterocycles. The number of anilines is 1. The van der Waals surface area contributed by atoms with Crippen LogP contribution in [0.5, 0.6) is 0 Å². The van der Waals surface area contributed by atoms with Gasteiger partial charge in [0.25, 0.3) is 0 Å². The number of carbonyl (C=O) groups excluding carboxylic acids is 1. The number of halogens is 1. The van der Waals surface area contributed by atoms with E-state index in [0.717, 1.165) is 36.8 Å². The first kappa shape index (κ1) is 15.5. The summed E-state index contributed by atoms with van der Waals surface area (Å²) in [4.78, 5) is 14.3. The van der Waals surface area contributed by atoms with Crippen LogP contribution in [-0.4, -0.2) is 47.6 Å². The van der Waals surface area contributed by atoms with Crippen molar-refractivity contribution in [3.05, 3.63) is 28.8 Å². The van der Waals surface area contributed by atoms with Gasteiger partial charge >= 0.3 is 0 Å². The summed E-state index contributed by atoms with van der Waals surface area (Å²) < 4.78 is 0. The minimum absolute atomic E-state index is 0.117. The number of nitrogens with one attached hydrogen (secondary N) is 2. The molecular weight excluding hydrogens is 320 g/mol. The summed E-state index contributed by atoms with van der Waals surface area (Å²) in [5, 5.41) is 16.0. The molecule has 2 fully saturated rings. The third-order valence-electron chi connectivity index (χ3n) is 3.95. The van der Waals surface area contributed by atoms with Gasteiger partial charge in [0, 0.05) is 24.9 Å². The van der Waals surface area contributed by atoms with Gasteiger partial charge in [0.2, 0.25) is 5.91 Å². The van der Waals surface area contributed by atoms with Gasteiger partial charge in [-0.05, 0) is 24.6 Å². The van der Waals surface area contributed by atoms with Crippen molar-refractivity contribution < 1.29 is 4.79 Å². The number of hydrogen-bond acceptors (Lipinski definition) is 5. The number of thioether (sulfide) groups is 1. The molecule has 2 N–H and O–H groups in total. The second kappa shape index (κ2) is 6.78. The molecule has 1 aromatic carbocycles. The molecule has 0 aromatic heterocycles.